The van der Waals surface area contributed by atoms with Crippen molar-refractivity contribution in [1.82, 2.24) is 4.90 Å². The number of para-hydroxylation sites is 1. The van der Waals surface area contributed by atoms with Gasteiger partial charge in [-0.25, -0.2) is 4.98 Å². The van der Waals surface area contributed by atoms with E-state index in [0.29, 0.717) is 23.7 Å². The number of nitriles is 2. The highest BCUT2D eigenvalue weighted by atomic mass is 32.2. The number of nitrogens with zero attached hydrogens (tertiary/aromatic N) is 4. The van der Waals surface area contributed by atoms with Crippen molar-refractivity contribution in [3.63, 3.8) is 0 Å². The number of rotatable bonds is 4. The highest BCUT2D eigenvalue weighted by Gasteiger charge is 2.27. The van der Waals surface area contributed by atoms with Crippen molar-refractivity contribution in [1.29, 1.82) is 10.5 Å². The van der Waals surface area contributed by atoms with Gasteiger partial charge < -0.3 is 9.80 Å². The number of thioether (sulfide) groups is 1. The van der Waals surface area contributed by atoms with Gasteiger partial charge in [0.25, 0.3) is 5.82 Å². The molecule has 0 saturated carbocycles. The van der Waals surface area contributed by atoms with Gasteiger partial charge in [0.05, 0.1) is 5.25 Å². The number of nitrogen functional groups attached to an aromatic ring is 1. The van der Waals surface area contributed by atoms with Crippen LogP contribution in [0, 0.1) is 22.7 Å². The van der Waals surface area contributed by atoms with Gasteiger partial charge in [-0.2, -0.15) is 10.5 Å². The summed E-state index contributed by atoms with van der Waals surface area (Å²) in [5, 5.41) is 18.5. The number of hydrogen-bond donors (Lipinski definition) is 1. The molecule has 28 heavy (non-hydrogen) atoms. The average Bonchev–Trinajstić information content (AvgIpc) is 2.74. The Labute approximate surface area is 168 Å². The summed E-state index contributed by atoms with van der Waals surface area (Å²) in [5.41, 5.74) is 7.51. The highest BCUT2D eigenvalue weighted by Crippen LogP contribution is 2.26. The minimum atomic E-state index is -0.376. The minimum absolute atomic E-state index is 0.0259. The lowest BCUT2D eigenvalue weighted by Gasteiger charge is -2.37. The van der Waals surface area contributed by atoms with Gasteiger partial charge in [-0.3, -0.25) is 10.5 Å². The number of nitrogens with two attached hydrogens (primary N) is 1. The first-order valence-electron chi connectivity index (χ1n) is 8.95. The van der Waals surface area contributed by atoms with E-state index in [1.807, 2.05) is 36.1 Å². The first kappa shape index (κ1) is 19.5. The van der Waals surface area contributed by atoms with Crippen molar-refractivity contribution in [2.75, 3.05) is 36.8 Å². The predicted octanol–water partition coefficient (Wildman–Crippen LogP) is 1.66. The van der Waals surface area contributed by atoms with Gasteiger partial charge in [0, 0.05) is 31.9 Å². The van der Waals surface area contributed by atoms with Crippen molar-refractivity contribution in [2.24, 2.45) is 0 Å². The Morgan fingerprint density at radius 3 is 2.39 bits per heavy atom. The molecule has 1 amide bonds. The summed E-state index contributed by atoms with van der Waals surface area (Å²) in [6.07, 6.45) is 0. The van der Waals surface area contributed by atoms with Crippen LogP contribution in [-0.2, 0) is 4.79 Å². The molecule has 1 saturated heterocycles. The second-order valence-corrected chi connectivity index (χ2v) is 7.82. The second kappa shape index (κ2) is 8.64. The summed E-state index contributed by atoms with van der Waals surface area (Å²) in [5.74, 6) is 0.220. The topological polar surface area (TPSA) is 111 Å². The van der Waals surface area contributed by atoms with Crippen LogP contribution in [-0.4, -0.2) is 42.2 Å². The molecule has 0 spiro atoms. The zero-order chi connectivity index (χ0) is 20.1. The number of pyridine rings is 1. The van der Waals surface area contributed by atoms with Crippen LogP contribution in [0.4, 0.5) is 11.5 Å². The molecule has 3 rings (SSSR count). The van der Waals surface area contributed by atoms with Crippen molar-refractivity contribution in [2.45, 2.75) is 17.2 Å². The highest BCUT2D eigenvalue weighted by molar-refractivity contribution is 8.00. The van der Waals surface area contributed by atoms with E-state index >= 15 is 0 Å². The molecule has 0 radical (unpaired) electrons. The Morgan fingerprint density at radius 2 is 1.79 bits per heavy atom. The number of nitrogens with one attached hydrogen (secondary N) is 1. The zero-order valence-electron chi connectivity index (χ0n) is 15.6. The van der Waals surface area contributed by atoms with Crippen LogP contribution < -0.4 is 15.6 Å². The Kier molecular flexibility index (Phi) is 6.03. The molecule has 2 aromatic rings. The standard InChI is InChI=1S/C20H20N6OS/c1-14(28-19-16(13-22)11-15(12-21)18(23)24-19)20(27)26-9-7-25(8-10-26)17-5-3-2-4-6-17/h2-6,11,14H,7-10H2,1H3,(H2,23,24)/p+1/t14-/m0/s1. The first-order valence-corrected chi connectivity index (χ1v) is 9.83. The van der Waals surface area contributed by atoms with Crippen LogP contribution in [0.1, 0.15) is 18.1 Å². The molecule has 1 atom stereocenters. The number of piperazine rings is 1. The van der Waals surface area contributed by atoms with Crippen LogP contribution in [0.2, 0.25) is 0 Å². The van der Waals surface area contributed by atoms with E-state index in [1.54, 1.807) is 0 Å². The van der Waals surface area contributed by atoms with E-state index in [-0.39, 0.29) is 22.5 Å². The molecule has 0 unspecified atom stereocenters. The van der Waals surface area contributed by atoms with E-state index in [1.165, 1.54) is 23.5 Å². The summed E-state index contributed by atoms with van der Waals surface area (Å²) < 4.78 is 0. The predicted molar refractivity (Wildman–Crippen MR) is 107 cm³/mol. The molecule has 1 fully saturated rings. The Bertz CT molecular complexity index is 942. The van der Waals surface area contributed by atoms with Crippen LogP contribution in [0.5, 0.6) is 0 Å². The number of amides is 1. The maximum atomic E-state index is 12.9. The van der Waals surface area contributed by atoms with Crippen LogP contribution in [0.3, 0.4) is 0 Å². The fourth-order valence-corrected chi connectivity index (χ4v) is 4.13. The van der Waals surface area contributed by atoms with E-state index in [4.69, 9.17) is 11.0 Å². The van der Waals surface area contributed by atoms with Crippen LogP contribution in [0.25, 0.3) is 0 Å². The number of H-pyrrole nitrogens is 1. The summed E-state index contributed by atoms with van der Waals surface area (Å²) >= 11 is 1.25. The first-order chi connectivity index (χ1) is 13.5. The minimum Gasteiger partial charge on any atom is -0.368 e. The molecule has 1 aliphatic rings. The van der Waals surface area contributed by atoms with Gasteiger partial charge in [0.15, 0.2) is 5.03 Å². The third kappa shape index (κ3) is 4.19. The largest absolute Gasteiger partial charge is 0.368 e. The second-order valence-electron chi connectivity index (χ2n) is 6.47. The van der Waals surface area contributed by atoms with Crippen LogP contribution >= 0.6 is 11.8 Å². The maximum absolute atomic E-state index is 12.9. The van der Waals surface area contributed by atoms with E-state index in [2.05, 4.69) is 28.1 Å². The lowest BCUT2D eigenvalue weighted by molar-refractivity contribution is -0.410. The Hall–Kier alpha value is -3.23. The van der Waals surface area contributed by atoms with Crippen molar-refractivity contribution < 1.29 is 9.78 Å². The van der Waals surface area contributed by atoms with Gasteiger partial charge >= 0.3 is 0 Å². The molecule has 1 aliphatic heterocycles. The number of hydrogen-bond acceptors (Lipinski definition) is 6. The molecule has 3 N–H and O–H groups in total. The lowest BCUT2D eigenvalue weighted by atomic mass is 10.2. The Balaban J connectivity index is 1.64. The molecule has 1 aromatic carbocycles. The molecule has 142 valence electrons. The van der Waals surface area contributed by atoms with Gasteiger partial charge in [-0.15, -0.1) is 0 Å². The average molecular weight is 393 g/mol. The molecule has 1 aromatic heterocycles. The SMILES string of the molecule is C[C@H](Sc1[nH+]c(N)c(C#N)cc1C#N)C(=O)N1CCN(c2ccccc2)CC1. The molecule has 2 heterocycles. The summed E-state index contributed by atoms with van der Waals surface area (Å²) in [4.78, 5) is 19.9. The number of aromatic amines is 1. The normalized spacial score (nSPS) is 14.8. The summed E-state index contributed by atoms with van der Waals surface area (Å²) in [6, 6.07) is 15.6. The van der Waals surface area contributed by atoms with E-state index in [0.717, 1.165) is 13.1 Å². The quantitative estimate of drug-likeness (QED) is 0.791. The maximum Gasteiger partial charge on any atom is 0.289 e. The molecular formula is C20H21N6OS+. The fraction of sp³-hybridized carbons (Fsp3) is 0.300. The third-order valence-electron chi connectivity index (χ3n) is 4.67. The number of anilines is 2. The monoisotopic (exact) mass is 393 g/mol. The number of carbonyl (C=O) groups is 1. The number of carbonyl (C=O) groups excluding carboxylic acids is 1. The fourth-order valence-electron chi connectivity index (χ4n) is 3.12. The van der Waals surface area contributed by atoms with Gasteiger partial charge in [0.1, 0.15) is 23.3 Å². The van der Waals surface area contributed by atoms with Gasteiger partial charge in [0.2, 0.25) is 5.91 Å². The number of benzene rings is 1. The zero-order valence-corrected chi connectivity index (χ0v) is 16.4. The lowest BCUT2D eigenvalue weighted by Crippen LogP contribution is -2.50. The smallest absolute Gasteiger partial charge is 0.289 e. The van der Waals surface area contributed by atoms with Crippen molar-refractivity contribution in [3.8, 4) is 12.1 Å². The third-order valence-corrected chi connectivity index (χ3v) is 5.78. The molecular weight excluding hydrogens is 372 g/mol. The molecule has 8 heteroatoms. The van der Waals surface area contributed by atoms with Gasteiger partial charge in [-0.05, 0) is 25.1 Å². The Morgan fingerprint density at radius 1 is 1.14 bits per heavy atom. The molecule has 7 nitrogen and oxygen atoms in total. The van der Waals surface area contributed by atoms with E-state index < -0.39 is 0 Å². The summed E-state index contributed by atoms with van der Waals surface area (Å²) in [7, 11) is 0. The van der Waals surface area contributed by atoms with Crippen LogP contribution in [0.15, 0.2) is 41.4 Å². The molecule has 0 aliphatic carbocycles. The van der Waals surface area contributed by atoms with E-state index in [9.17, 15) is 10.1 Å². The van der Waals surface area contributed by atoms with Crippen molar-refractivity contribution in [3.05, 3.63) is 47.5 Å². The van der Waals surface area contributed by atoms with Gasteiger partial charge in [-0.1, -0.05) is 30.0 Å². The molecule has 0 bridgehead atoms. The summed E-state index contributed by atoms with van der Waals surface area (Å²) in [6.45, 7) is 4.70. The number of aromatic nitrogens is 1. The van der Waals surface area contributed by atoms with Crippen molar-refractivity contribution >= 4 is 29.2 Å².